The molecule has 166 valence electrons. The van der Waals surface area contributed by atoms with Crippen molar-refractivity contribution in [2.75, 3.05) is 45.8 Å². The van der Waals surface area contributed by atoms with Crippen LogP contribution in [0.4, 0.5) is 4.79 Å². The van der Waals surface area contributed by atoms with Crippen LogP contribution in [0.25, 0.3) is 0 Å². The SMILES string of the molecule is CC1CCCCN1C(=O)CN1CCN(C(=O)CCCNC(=O)OC(C)(C)C)CC1. The number of piperazine rings is 1. The van der Waals surface area contributed by atoms with E-state index in [1.54, 1.807) is 0 Å². The van der Waals surface area contributed by atoms with E-state index in [1.165, 1.54) is 6.42 Å². The topological polar surface area (TPSA) is 82.2 Å². The summed E-state index contributed by atoms with van der Waals surface area (Å²) >= 11 is 0. The highest BCUT2D eigenvalue weighted by molar-refractivity contribution is 5.79. The van der Waals surface area contributed by atoms with Crippen LogP contribution < -0.4 is 5.32 Å². The Morgan fingerprint density at radius 2 is 1.69 bits per heavy atom. The minimum absolute atomic E-state index is 0.103. The van der Waals surface area contributed by atoms with E-state index in [1.807, 2.05) is 30.6 Å². The fourth-order valence-corrected chi connectivity index (χ4v) is 3.81. The molecule has 1 unspecified atom stereocenters. The molecule has 2 rings (SSSR count). The molecular weight excluding hydrogens is 372 g/mol. The van der Waals surface area contributed by atoms with Gasteiger partial charge < -0.3 is 19.9 Å². The maximum absolute atomic E-state index is 12.6. The summed E-state index contributed by atoms with van der Waals surface area (Å²) in [6.45, 7) is 12.1. The van der Waals surface area contributed by atoms with Crippen LogP contribution in [0, 0.1) is 0 Å². The number of nitrogens with zero attached hydrogens (tertiary/aromatic N) is 3. The minimum atomic E-state index is -0.521. The summed E-state index contributed by atoms with van der Waals surface area (Å²) in [5.41, 5.74) is -0.521. The number of carbonyl (C=O) groups is 3. The average molecular weight is 411 g/mol. The van der Waals surface area contributed by atoms with Crippen LogP contribution in [-0.4, -0.2) is 90.1 Å². The van der Waals surface area contributed by atoms with Crippen molar-refractivity contribution in [3.63, 3.8) is 0 Å². The molecule has 2 heterocycles. The Bertz CT molecular complexity index is 568. The summed E-state index contributed by atoms with van der Waals surface area (Å²) in [5.74, 6) is 0.316. The number of ether oxygens (including phenoxy) is 1. The third-order valence-electron chi connectivity index (χ3n) is 5.44. The standard InChI is InChI=1S/C21H38N4O4/c1-17-8-5-6-11-25(17)19(27)16-23-12-14-24(15-13-23)18(26)9-7-10-22-20(28)29-21(2,3)4/h17H,5-16H2,1-4H3,(H,22,28). The summed E-state index contributed by atoms with van der Waals surface area (Å²) in [5, 5.41) is 2.68. The second kappa shape index (κ2) is 10.8. The van der Waals surface area contributed by atoms with Crippen molar-refractivity contribution in [1.29, 1.82) is 0 Å². The Hall–Kier alpha value is -1.83. The zero-order valence-electron chi connectivity index (χ0n) is 18.5. The lowest BCUT2D eigenvalue weighted by Crippen LogP contribution is -2.53. The number of likely N-dealkylation sites (tertiary alicyclic amines) is 1. The molecule has 3 amide bonds. The predicted octanol–water partition coefficient (Wildman–Crippen LogP) is 1.84. The highest BCUT2D eigenvalue weighted by atomic mass is 16.6. The van der Waals surface area contributed by atoms with E-state index in [4.69, 9.17) is 4.74 Å². The molecule has 8 heteroatoms. The van der Waals surface area contributed by atoms with E-state index in [0.717, 1.165) is 32.5 Å². The maximum Gasteiger partial charge on any atom is 0.407 e. The van der Waals surface area contributed by atoms with Crippen LogP contribution in [0.1, 0.15) is 59.8 Å². The van der Waals surface area contributed by atoms with Crippen molar-refractivity contribution in [2.24, 2.45) is 0 Å². The summed E-state index contributed by atoms with van der Waals surface area (Å²) in [6, 6.07) is 0.341. The molecule has 1 atom stereocenters. The lowest BCUT2D eigenvalue weighted by molar-refractivity contribution is -0.137. The van der Waals surface area contributed by atoms with Crippen molar-refractivity contribution >= 4 is 17.9 Å². The van der Waals surface area contributed by atoms with Crippen molar-refractivity contribution in [2.45, 2.75) is 71.4 Å². The molecule has 0 bridgehead atoms. The van der Waals surface area contributed by atoms with E-state index in [2.05, 4.69) is 17.1 Å². The van der Waals surface area contributed by atoms with Crippen LogP contribution >= 0.6 is 0 Å². The molecule has 1 N–H and O–H groups in total. The molecule has 2 aliphatic heterocycles. The molecule has 29 heavy (non-hydrogen) atoms. The molecular formula is C21H38N4O4. The van der Waals surface area contributed by atoms with Crippen LogP contribution in [0.5, 0.6) is 0 Å². The molecule has 0 spiro atoms. The van der Waals surface area contributed by atoms with Crippen molar-refractivity contribution in [3.8, 4) is 0 Å². The first kappa shape index (κ1) is 23.4. The van der Waals surface area contributed by atoms with Gasteiger partial charge in [0.2, 0.25) is 11.8 Å². The minimum Gasteiger partial charge on any atom is -0.444 e. The smallest absolute Gasteiger partial charge is 0.407 e. The molecule has 0 radical (unpaired) electrons. The lowest BCUT2D eigenvalue weighted by atomic mass is 10.0. The molecule has 2 saturated heterocycles. The van der Waals surface area contributed by atoms with Gasteiger partial charge in [-0.15, -0.1) is 0 Å². The molecule has 0 aliphatic carbocycles. The zero-order valence-corrected chi connectivity index (χ0v) is 18.5. The van der Waals surface area contributed by atoms with Gasteiger partial charge in [0.05, 0.1) is 6.54 Å². The fourth-order valence-electron chi connectivity index (χ4n) is 3.81. The van der Waals surface area contributed by atoms with E-state index >= 15 is 0 Å². The van der Waals surface area contributed by atoms with Gasteiger partial charge in [0.25, 0.3) is 0 Å². The number of piperidine rings is 1. The van der Waals surface area contributed by atoms with Crippen LogP contribution in [0.3, 0.4) is 0 Å². The highest BCUT2D eigenvalue weighted by Gasteiger charge is 2.27. The quantitative estimate of drug-likeness (QED) is 0.676. The van der Waals surface area contributed by atoms with Gasteiger partial charge in [-0.3, -0.25) is 14.5 Å². The average Bonchev–Trinajstić information content (AvgIpc) is 2.64. The van der Waals surface area contributed by atoms with Crippen molar-refractivity contribution in [1.82, 2.24) is 20.0 Å². The molecule has 0 aromatic rings. The number of alkyl carbamates (subject to hydrolysis) is 1. The van der Waals surface area contributed by atoms with Crippen molar-refractivity contribution < 1.29 is 19.1 Å². The number of hydrogen-bond acceptors (Lipinski definition) is 5. The second-order valence-corrected chi connectivity index (χ2v) is 9.12. The molecule has 0 saturated carbocycles. The summed E-state index contributed by atoms with van der Waals surface area (Å²) in [6.07, 6.45) is 3.94. The summed E-state index contributed by atoms with van der Waals surface area (Å²) < 4.78 is 5.17. The van der Waals surface area contributed by atoms with Gasteiger partial charge in [0.15, 0.2) is 0 Å². The normalized spacial score (nSPS) is 21.0. The van der Waals surface area contributed by atoms with Crippen LogP contribution in [-0.2, 0) is 14.3 Å². The van der Waals surface area contributed by atoms with Gasteiger partial charge in [0, 0.05) is 51.7 Å². The van der Waals surface area contributed by atoms with Gasteiger partial charge >= 0.3 is 6.09 Å². The lowest BCUT2D eigenvalue weighted by Gasteiger charge is -2.38. The first-order valence-electron chi connectivity index (χ1n) is 10.9. The Morgan fingerprint density at radius 3 is 2.31 bits per heavy atom. The van der Waals surface area contributed by atoms with Crippen LogP contribution in [0.15, 0.2) is 0 Å². The third kappa shape index (κ3) is 8.20. The van der Waals surface area contributed by atoms with E-state index < -0.39 is 11.7 Å². The van der Waals surface area contributed by atoms with Gasteiger partial charge in [-0.2, -0.15) is 0 Å². The zero-order chi connectivity index (χ0) is 21.4. The van der Waals surface area contributed by atoms with E-state index in [9.17, 15) is 14.4 Å². The number of nitrogens with one attached hydrogen (secondary N) is 1. The number of rotatable bonds is 6. The van der Waals surface area contributed by atoms with E-state index in [0.29, 0.717) is 45.1 Å². The summed E-state index contributed by atoms with van der Waals surface area (Å²) in [4.78, 5) is 42.6. The van der Waals surface area contributed by atoms with Gasteiger partial charge in [-0.05, 0) is 53.4 Å². The Balaban J connectivity index is 1.61. The molecule has 0 aromatic heterocycles. The largest absolute Gasteiger partial charge is 0.444 e. The Labute approximate surface area is 174 Å². The Morgan fingerprint density at radius 1 is 1.00 bits per heavy atom. The number of hydrogen-bond donors (Lipinski definition) is 1. The molecule has 0 aromatic carbocycles. The van der Waals surface area contributed by atoms with Crippen LogP contribution in [0.2, 0.25) is 0 Å². The second-order valence-electron chi connectivity index (χ2n) is 9.12. The highest BCUT2D eigenvalue weighted by Crippen LogP contribution is 2.17. The van der Waals surface area contributed by atoms with E-state index in [-0.39, 0.29) is 11.8 Å². The van der Waals surface area contributed by atoms with Gasteiger partial charge in [-0.1, -0.05) is 0 Å². The molecule has 8 nitrogen and oxygen atoms in total. The predicted molar refractivity (Wildman–Crippen MR) is 112 cm³/mol. The first-order valence-corrected chi connectivity index (χ1v) is 10.9. The first-order chi connectivity index (χ1) is 13.7. The Kier molecular flexibility index (Phi) is 8.74. The summed E-state index contributed by atoms with van der Waals surface area (Å²) in [7, 11) is 0. The maximum atomic E-state index is 12.6. The van der Waals surface area contributed by atoms with Crippen molar-refractivity contribution in [3.05, 3.63) is 0 Å². The van der Waals surface area contributed by atoms with Gasteiger partial charge in [0.1, 0.15) is 5.60 Å². The third-order valence-corrected chi connectivity index (χ3v) is 5.44. The monoisotopic (exact) mass is 410 g/mol. The molecule has 2 aliphatic rings. The fraction of sp³-hybridized carbons (Fsp3) is 0.857. The molecule has 2 fully saturated rings. The number of carbonyl (C=O) groups excluding carboxylic acids is 3. The van der Waals surface area contributed by atoms with Gasteiger partial charge in [-0.25, -0.2) is 4.79 Å². The number of amides is 3.